The van der Waals surface area contributed by atoms with Crippen molar-refractivity contribution in [2.45, 2.75) is 19.3 Å². The lowest BCUT2D eigenvalue weighted by molar-refractivity contribution is -0.146. The van der Waals surface area contributed by atoms with Crippen LogP contribution in [0.25, 0.3) is 0 Å². The van der Waals surface area contributed by atoms with Gasteiger partial charge in [-0.2, -0.15) is 0 Å². The second-order valence-electron chi connectivity index (χ2n) is 7.03. The van der Waals surface area contributed by atoms with E-state index in [1.54, 1.807) is 7.05 Å². The van der Waals surface area contributed by atoms with Crippen molar-refractivity contribution in [3.8, 4) is 0 Å². The molecular weight excluding hydrogens is 380 g/mol. The molecule has 1 saturated heterocycles. The highest BCUT2D eigenvalue weighted by Gasteiger charge is 2.30. The van der Waals surface area contributed by atoms with Gasteiger partial charge in [-0.25, -0.2) is 8.42 Å². The third-order valence-corrected chi connectivity index (χ3v) is 7.14. The van der Waals surface area contributed by atoms with E-state index in [9.17, 15) is 13.2 Å². The Kier molecular flexibility index (Phi) is 6.43. The van der Waals surface area contributed by atoms with Gasteiger partial charge in [0.25, 0.3) is 0 Å². The lowest BCUT2D eigenvalue weighted by atomic mass is 9.97. The molecule has 28 heavy (non-hydrogen) atoms. The Morgan fingerprint density at radius 1 is 1.25 bits per heavy atom. The Bertz CT molecular complexity index is 832. The summed E-state index contributed by atoms with van der Waals surface area (Å²) in [4.78, 5) is 18.0. The van der Waals surface area contributed by atoms with Crippen LogP contribution in [0.2, 0.25) is 0 Å². The average molecular weight is 409 g/mol. The third kappa shape index (κ3) is 4.40. The van der Waals surface area contributed by atoms with E-state index in [1.807, 2.05) is 24.3 Å². The van der Waals surface area contributed by atoms with Gasteiger partial charge in [0.1, 0.15) is 0 Å². The van der Waals surface area contributed by atoms with Gasteiger partial charge in [-0.3, -0.25) is 14.1 Å². The molecule has 3 rings (SSSR count). The molecule has 0 saturated carbocycles. The summed E-state index contributed by atoms with van der Waals surface area (Å²) < 4.78 is 31.9. The molecule has 2 aliphatic heterocycles. The van der Waals surface area contributed by atoms with Gasteiger partial charge in [0, 0.05) is 33.2 Å². The number of para-hydroxylation sites is 1. The minimum Gasteiger partial charge on any atom is -0.469 e. The van der Waals surface area contributed by atoms with E-state index in [2.05, 4.69) is 15.2 Å². The summed E-state index contributed by atoms with van der Waals surface area (Å²) in [6.07, 6.45) is 2.16. The Labute approximate surface area is 166 Å². The second-order valence-corrected chi connectivity index (χ2v) is 9.04. The molecule has 2 heterocycles. The lowest BCUT2D eigenvalue weighted by Crippen LogP contribution is -2.48. The number of piperidine rings is 1. The maximum atomic E-state index is 12.8. The molecule has 1 aromatic rings. The highest BCUT2D eigenvalue weighted by Crippen LogP contribution is 2.29. The van der Waals surface area contributed by atoms with Crippen LogP contribution in [0, 0.1) is 5.92 Å². The Balaban J connectivity index is 1.52. The van der Waals surface area contributed by atoms with Crippen molar-refractivity contribution >= 4 is 27.6 Å². The molecular formula is C19H28N4O4S. The van der Waals surface area contributed by atoms with Gasteiger partial charge in [0.05, 0.1) is 24.5 Å². The summed E-state index contributed by atoms with van der Waals surface area (Å²) in [7, 11) is -0.304. The van der Waals surface area contributed by atoms with Crippen molar-refractivity contribution in [1.29, 1.82) is 0 Å². The van der Waals surface area contributed by atoms with Crippen LogP contribution in [0.1, 0.15) is 18.4 Å². The number of esters is 1. The van der Waals surface area contributed by atoms with Crippen LogP contribution in [0.15, 0.2) is 29.3 Å². The predicted molar refractivity (Wildman–Crippen MR) is 109 cm³/mol. The highest BCUT2D eigenvalue weighted by atomic mass is 32.2. The van der Waals surface area contributed by atoms with Crippen LogP contribution in [-0.4, -0.2) is 71.3 Å². The first-order valence-electron chi connectivity index (χ1n) is 9.58. The standard InChI is InChI=1S/C19H28N4O4S/c1-20-19(22-11-7-16(8-12-22)18(24)27-2)21-10-14-28(25,26)23-13-9-15-5-3-4-6-17(15)23/h3-6,16H,7-14H2,1-2H3,(H,20,21). The molecule has 0 bridgehead atoms. The first-order valence-corrected chi connectivity index (χ1v) is 11.2. The lowest BCUT2D eigenvalue weighted by Gasteiger charge is -2.33. The Morgan fingerprint density at radius 2 is 1.96 bits per heavy atom. The quantitative estimate of drug-likeness (QED) is 0.441. The molecule has 1 N–H and O–H groups in total. The van der Waals surface area contributed by atoms with Crippen LogP contribution in [0.3, 0.4) is 0 Å². The monoisotopic (exact) mass is 408 g/mol. The van der Waals surface area contributed by atoms with Gasteiger partial charge in [-0.15, -0.1) is 0 Å². The second kappa shape index (κ2) is 8.81. The fourth-order valence-electron chi connectivity index (χ4n) is 3.82. The van der Waals surface area contributed by atoms with Crippen LogP contribution in [0.4, 0.5) is 5.69 Å². The number of rotatable bonds is 5. The van der Waals surface area contributed by atoms with Crippen molar-refractivity contribution in [2.75, 3.05) is 50.4 Å². The molecule has 8 nitrogen and oxygen atoms in total. The molecule has 0 radical (unpaired) electrons. The number of anilines is 1. The van der Waals surface area contributed by atoms with E-state index in [-0.39, 0.29) is 24.2 Å². The number of aliphatic imine (C=N–C) groups is 1. The molecule has 0 unspecified atom stereocenters. The fourth-order valence-corrected chi connectivity index (χ4v) is 5.25. The zero-order valence-electron chi connectivity index (χ0n) is 16.4. The Morgan fingerprint density at radius 3 is 2.64 bits per heavy atom. The van der Waals surface area contributed by atoms with Crippen molar-refractivity contribution in [3.63, 3.8) is 0 Å². The minimum atomic E-state index is -3.40. The number of hydrogen-bond donors (Lipinski definition) is 1. The molecule has 0 aromatic heterocycles. The summed E-state index contributed by atoms with van der Waals surface area (Å²) in [6, 6.07) is 7.63. The van der Waals surface area contributed by atoms with Crippen LogP contribution >= 0.6 is 0 Å². The third-order valence-electron chi connectivity index (χ3n) is 5.36. The van der Waals surface area contributed by atoms with Crippen molar-refractivity contribution in [1.82, 2.24) is 10.2 Å². The largest absolute Gasteiger partial charge is 0.469 e. The van der Waals surface area contributed by atoms with Gasteiger partial charge in [0.15, 0.2) is 5.96 Å². The van der Waals surface area contributed by atoms with Crippen molar-refractivity contribution in [2.24, 2.45) is 10.9 Å². The molecule has 0 spiro atoms. The number of methoxy groups -OCH3 is 1. The molecule has 1 fully saturated rings. The van der Waals surface area contributed by atoms with Gasteiger partial charge in [0.2, 0.25) is 10.0 Å². The summed E-state index contributed by atoms with van der Waals surface area (Å²) in [6.45, 7) is 2.15. The number of carbonyl (C=O) groups excluding carboxylic acids is 1. The van der Waals surface area contributed by atoms with Crippen molar-refractivity contribution < 1.29 is 17.9 Å². The Hall–Kier alpha value is -2.29. The summed E-state index contributed by atoms with van der Waals surface area (Å²) in [5.74, 6) is 0.425. The number of nitrogens with zero attached hydrogens (tertiary/aromatic N) is 3. The zero-order chi connectivity index (χ0) is 20.1. The summed E-state index contributed by atoms with van der Waals surface area (Å²) in [5.41, 5.74) is 1.86. The van der Waals surface area contributed by atoms with E-state index < -0.39 is 10.0 Å². The molecule has 1 aromatic carbocycles. The van der Waals surface area contributed by atoms with Crippen LogP contribution in [0.5, 0.6) is 0 Å². The van der Waals surface area contributed by atoms with E-state index in [4.69, 9.17) is 4.74 Å². The number of guanidine groups is 1. The topological polar surface area (TPSA) is 91.3 Å². The van der Waals surface area contributed by atoms with Gasteiger partial charge >= 0.3 is 5.97 Å². The molecule has 0 aliphatic carbocycles. The normalized spacial score (nSPS) is 18.1. The minimum absolute atomic E-state index is 0.00101. The zero-order valence-corrected chi connectivity index (χ0v) is 17.2. The highest BCUT2D eigenvalue weighted by molar-refractivity contribution is 7.92. The van der Waals surface area contributed by atoms with Crippen LogP contribution < -0.4 is 9.62 Å². The van der Waals surface area contributed by atoms with Crippen LogP contribution in [-0.2, 0) is 26.0 Å². The van der Waals surface area contributed by atoms with E-state index in [0.717, 1.165) is 17.7 Å². The van der Waals surface area contributed by atoms with Gasteiger partial charge in [-0.05, 0) is 30.9 Å². The number of fused-ring (bicyclic) bond motifs is 1. The number of carbonyl (C=O) groups is 1. The van der Waals surface area contributed by atoms with Gasteiger partial charge in [-0.1, -0.05) is 18.2 Å². The van der Waals surface area contributed by atoms with Gasteiger partial charge < -0.3 is 15.0 Å². The van der Waals surface area contributed by atoms with E-state index in [0.29, 0.717) is 38.4 Å². The number of hydrogen-bond acceptors (Lipinski definition) is 5. The average Bonchev–Trinajstić information content (AvgIpc) is 3.16. The predicted octanol–water partition coefficient (Wildman–Crippen LogP) is 0.839. The summed E-state index contributed by atoms with van der Waals surface area (Å²) >= 11 is 0. The molecule has 154 valence electrons. The fraction of sp³-hybridized carbons (Fsp3) is 0.579. The smallest absolute Gasteiger partial charge is 0.308 e. The number of sulfonamides is 1. The first kappa shape index (κ1) is 20.4. The first-order chi connectivity index (χ1) is 13.5. The van der Waals surface area contributed by atoms with E-state index >= 15 is 0 Å². The summed E-state index contributed by atoms with van der Waals surface area (Å²) in [5, 5.41) is 3.15. The maximum absolute atomic E-state index is 12.8. The molecule has 0 amide bonds. The van der Waals surface area contributed by atoms with E-state index in [1.165, 1.54) is 11.4 Å². The van der Waals surface area contributed by atoms with Crippen molar-refractivity contribution in [3.05, 3.63) is 29.8 Å². The maximum Gasteiger partial charge on any atom is 0.308 e. The number of benzene rings is 1. The molecule has 2 aliphatic rings. The molecule has 0 atom stereocenters. The number of nitrogens with one attached hydrogen (secondary N) is 1. The number of likely N-dealkylation sites (tertiary alicyclic amines) is 1. The number of ether oxygens (including phenoxy) is 1. The SMILES string of the molecule is CN=C(NCCS(=O)(=O)N1CCc2ccccc21)N1CCC(C(=O)OC)CC1. The molecule has 9 heteroatoms.